The minimum atomic E-state index is 0.827. The van der Waals surface area contributed by atoms with E-state index in [0.29, 0.717) is 0 Å². The molecule has 13 heavy (non-hydrogen) atoms. The van der Waals surface area contributed by atoms with E-state index in [1.54, 1.807) is 5.56 Å². The third kappa shape index (κ3) is 1.75. The molecule has 1 aliphatic rings. The summed E-state index contributed by atoms with van der Waals surface area (Å²) >= 11 is 0. The molecule has 0 radical (unpaired) electrons. The van der Waals surface area contributed by atoms with Gasteiger partial charge in [0.15, 0.2) is 0 Å². The molecule has 0 bridgehead atoms. The average Bonchev–Trinajstić information content (AvgIpc) is 2.86. The van der Waals surface area contributed by atoms with Crippen molar-refractivity contribution in [2.24, 2.45) is 5.92 Å². The lowest BCUT2D eigenvalue weighted by atomic mass is 10.0. The van der Waals surface area contributed by atoms with Gasteiger partial charge in [-0.3, -0.25) is 0 Å². The molecule has 0 spiro atoms. The Morgan fingerprint density at radius 2 is 2.15 bits per heavy atom. The van der Waals surface area contributed by atoms with Crippen LogP contribution in [0.3, 0.4) is 0 Å². The Morgan fingerprint density at radius 1 is 1.38 bits per heavy atom. The summed E-state index contributed by atoms with van der Waals surface area (Å²) in [6.45, 7) is 3.38. The predicted octanol–water partition coefficient (Wildman–Crippen LogP) is 2.32. The number of aryl methyl sites for hydroxylation is 1. The van der Waals surface area contributed by atoms with E-state index in [1.165, 1.54) is 18.5 Å². The molecule has 1 heteroatoms. The van der Waals surface area contributed by atoms with Crippen molar-refractivity contribution >= 4 is 0 Å². The molecule has 0 heterocycles. The van der Waals surface area contributed by atoms with E-state index in [0.717, 1.165) is 11.8 Å². The number of hydrogen-bond donors (Lipinski definition) is 1. The molecule has 2 rings (SSSR count). The first kappa shape index (κ1) is 8.76. The Morgan fingerprint density at radius 3 is 2.85 bits per heavy atom. The van der Waals surface area contributed by atoms with Crippen molar-refractivity contribution in [1.82, 2.24) is 5.32 Å². The summed E-state index contributed by atoms with van der Waals surface area (Å²) in [7, 11) is 2.03. The SMILES string of the molecule is CNC[C@@H]1C[C@@H]1c1ccccc1C. The second-order valence-corrected chi connectivity index (χ2v) is 4.02. The monoisotopic (exact) mass is 175 g/mol. The number of benzene rings is 1. The molecule has 0 aliphatic heterocycles. The summed E-state index contributed by atoms with van der Waals surface area (Å²) in [5, 5.41) is 3.25. The highest BCUT2D eigenvalue weighted by atomic mass is 14.8. The fourth-order valence-electron chi connectivity index (χ4n) is 2.12. The molecule has 1 aromatic carbocycles. The normalized spacial score (nSPS) is 26.0. The van der Waals surface area contributed by atoms with Crippen molar-refractivity contribution in [2.45, 2.75) is 19.3 Å². The van der Waals surface area contributed by atoms with Gasteiger partial charge in [0, 0.05) is 0 Å². The highest BCUT2D eigenvalue weighted by molar-refractivity contribution is 5.33. The second kappa shape index (κ2) is 3.51. The fraction of sp³-hybridized carbons (Fsp3) is 0.500. The maximum atomic E-state index is 3.25. The fourth-order valence-corrected chi connectivity index (χ4v) is 2.12. The van der Waals surface area contributed by atoms with Crippen LogP contribution in [0, 0.1) is 12.8 Å². The standard InChI is InChI=1S/C12H17N/c1-9-5-3-4-6-11(9)12-7-10(12)8-13-2/h3-6,10,12-13H,7-8H2,1-2H3/t10-,12-/m0/s1. The predicted molar refractivity (Wildman–Crippen MR) is 56.0 cm³/mol. The molecular formula is C12H17N. The lowest BCUT2D eigenvalue weighted by Gasteiger charge is -2.03. The highest BCUT2D eigenvalue weighted by Crippen LogP contribution is 2.47. The van der Waals surface area contributed by atoms with Crippen molar-refractivity contribution in [2.75, 3.05) is 13.6 Å². The largest absolute Gasteiger partial charge is 0.319 e. The van der Waals surface area contributed by atoms with Crippen LogP contribution in [0.4, 0.5) is 0 Å². The molecule has 0 unspecified atom stereocenters. The van der Waals surface area contributed by atoms with Gasteiger partial charge < -0.3 is 5.32 Å². The molecule has 1 fully saturated rings. The Hall–Kier alpha value is -0.820. The molecule has 1 saturated carbocycles. The smallest absolute Gasteiger partial charge is 0.00174 e. The van der Waals surface area contributed by atoms with Crippen LogP contribution < -0.4 is 5.32 Å². The van der Waals surface area contributed by atoms with Crippen LogP contribution in [0.2, 0.25) is 0 Å². The number of nitrogens with one attached hydrogen (secondary N) is 1. The molecule has 1 aliphatic carbocycles. The first-order valence-corrected chi connectivity index (χ1v) is 5.03. The zero-order valence-corrected chi connectivity index (χ0v) is 8.38. The minimum absolute atomic E-state index is 0.827. The van der Waals surface area contributed by atoms with Crippen LogP contribution in [0.15, 0.2) is 24.3 Å². The Bertz CT molecular complexity index is 293. The van der Waals surface area contributed by atoms with Crippen LogP contribution >= 0.6 is 0 Å². The molecule has 0 aromatic heterocycles. The Labute approximate surface area is 80.2 Å². The molecule has 2 atom stereocenters. The van der Waals surface area contributed by atoms with Gasteiger partial charge >= 0.3 is 0 Å². The Kier molecular flexibility index (Phi) is 2.36. The average molecular weight is 175 g/mol. The van der Waals surface area contributed by atoms with Gasteiger partial charge in [-0.1, -0.05) is 24.3 Å². The molecular weight excluding hydrogens is 158 g/mol. The van der Waals surface area contributed by atoms with Gasteiger partial charge in [0.05, 0.1) is 0 Å². The van der Waals surface area contributed by atoms with Gasteiger partial charge in [-0.15, -0.1) is 0 Å². The maximum Gasteiger partial charge on any atom is -0.00174 e. The lowest BCUT2D eigenvalue weighted by Crippen LogP contribution is -2.10. The summed E-state index contributed by atoms with van der Waals surface area (Å²) in [5.74, 6) is 1.71. The van der Waals surface area contributed by atoms with E-state index in [1.807, 2.05) is 7.05 Å². The first-order valence-electron chi connectivity index (χ1n) is 5.03. The number of hydrogen-bond acceptors (Lipinski definition) is 1. The highest BCUT2D eigenvalue weighted by Gasteiger charge is 2.37. The topological polar surface area (TPSA) is 12.0 Å². The molecule has 70 valence electrons. The first-order chi connectivity index (χ1) is 6.33. The van der Waals surface area contributed by atoms with E-state index in [4.69, 9.17) is 0 Å². The van der Waals surface area contributed by atoms with E-state index < -0.39 is 0 Å². The van der Waals surface area contributed by atoms with Gasteiger partial charge in [0.1, 0.15) is 0 Å². The lowest BCUT2D eigenvalue weighted by molar-refractivity contribution is 0.697. The van der Waals surface area contributed by atoms with Gasteiger partial charge in [-0.05, 0) is 49.9 Å². The zero-order chi connectivity index (χ0) is 9.26. The summed E-state index contributed by atoms with van der Waals surface area (Å²) in [4.78, 5) is 0. The quantitative estimate of drug-likeness (QED) is 0.743. The summed E-state index contributed by atoms with van der Waals surface area (Å²) in [6, 6.07) is 8.76. The van der Waals surface area contributed by atoms with Gasteiger partial charge in [0.2, 0.25) is 0 Å². The Balaban J connectivity index is 2.07. The van der Waals surface area contributed by atoms with E-state index in [9.17, 15) is 0 Å². The minimum Gasteiger partial charge on any atom is -0.319 e. The summed E-state index contributed by atoms with van der Waals surface area (Å²) in [6.07, 6.45) is 1.37. The third-order valence-corrected chi connectivity index (χ3v) is 2.98. The zero-order valence-electron chi connectivity index (χ0n) is 8.38. The van der Waals surface area contributed by atoms with Crippen LogP contribution in [-0.4, -0.2) is 13.6 Å². The van der Waals surface area contributed by atoms with Crippen LogP contribution in [0.25, 0.3) is 0 Å². The number of rotatable bonds is 3. The van der Waals surface area contributed by atoms with Crippen molar-refractivity contribution in [3.05, 3.63) is 35.4 Å². The van der Waals surface area contributed by atoms with Crippen LogP contribution in [-0.2, 0) is 0 Å². The van der Waals surface area contributed by atoms with Crippen molar-refractivity contribution in [1.29, 1.82) is 0 Å². The molecule has 1 aromatic rings. The van der Waals surface area contributed by atoms with Crippen LogP contribution in [0.5, 0.6) is 0 Å². The maximum absolute atomic E-state index is 3.25. The van der Waals surface area contributed by atoms with Gasteiger partial charge in [0.25, 0.3) is 0 Å². The van der Waals surface area contributed by atoms with Crippen molar-refractivity contribution in [3.8, 4) is 0 Å². The molecule has 0 saturated heterocycles. The summed E-state index contributed by atoms with van der Waals surface area (Å²) < 4.78 is 0. The van der Waals surface area contributed by atoms with Crippen LogP contribution in [0.1, 0.15) is 23.5 Å². The van der Waals surface area contributed by atoms with Gasteiger partial charge in [-0.2, -0.15) is 0 Å². The van der Waals surface area contributed by atoms with Crippen molar-refractivity contribution in [3.63, 3.8) is 0 Å². The van der Waals surface area contributed by atoms with E-state index in [-0.39, 0.29) is 0 Å². The molecule has 0 amide bonds. The third-order valence-electron chi connectivity index (χ3n) is 2.98. The molecule has 1 nitrogen and oxygen atoms in total. The van der Waals surface area contributed by atoms with Crippen molar-refractivity contribution < 1.29 is 0 Å². The van der Waals surface area contributed by atoms with E-state index >= 15 is 0 Å². The molecule has 1 N–H and O–H groups in total. The summed E-state index contributed by atoms with van der Waals surface area (Å²) in [5.41, 5.74) is 3.01. The van der Waals surface area contributed by atoms with Gasteiger partial charge in [-0.25, -0.2) is 0 Å². The van der Waals surface area contributed by atoms with E-state index in [2.05, 4.69) is 36.5 Å². The second-order valence-electron chi connectivity index (χ2n) is 4.02.